The summed E-state index contributed by atoms with van der Waals surface area (Å²) in [6.07, 6.45) is -0.904. The molecule has 0 spiro atoms. The van der Waals surface area contributed by atoms with Crippen LogP contribution in [-0.4, -0.2) is 23.6 Å². The second-order valence-electron chi connectivity index (χ2n) is 3.84. The second kappa shape index (κ2) is 6.51. The Hall–Kier alpha value is -1.63. The SMILES string of the molecule is CCOC(=O)C(C)Oc1c(C)cc(Br)cc1[N+](=O)[O-]. The number of ether oxygens (including phenoxy) is 2. The number of nitro groups is 1. The summed E-state index contributed by atoms with van der Waals surface area (Å²) in [5.41, 5.74) is 0.375. The van der Waals surface area contributed by atoms with E-state index in [-0.39, 0.29) is 18.0 Å². The van der Waals surface area contributed by atoms with E-state index in [1.54, 1.807) is 19.9 Å². The van der Waals surface area contributed by atoms with Gasteiger partial charge >= 0.3 is 11.7 Å². The van der Waals surface area contributed by atoms with E-state index in [0.717, 1.165) is 0 Å². The van der Waals surface area contributed by atoms with Gasteiger partial charge in [0.1, 0.15) is 0 Å². The Morgan fingerprint density at radius 2 is 2.16 bits per heavy atom. The van der Waals surface area contributed by atoms with Gasteiger partial charge in [-0.1, -0.05) is 15.9 Å². The zero-order valence-electron chi connectivity index (χ0n) is 10.8. The van der Waals surface area contributed by atoms with E-state index in [1.165, 1.54) is 13.0 Å². The monoisotopic (exact) mass is 331 g/mol. The summed E-state index contributed by atoms with van der Waals surface area (Å²) in [4.78, 5) is 21.9. The van der Waals surface area contributed by atoms with Crippen molar-refractivity contribution in [3.63, 3.8) is 0 Å². The third-order valence-electron chi connectivity index (χ3n) is 2.33. The first kappa shape index (κ1) is 15.4. The summed E-state index contributed by atoms with van der Waals surface area (Å²) in [6.45, 7) is 5.07. The molecule has 0 saturated heterocycles. The molecule has 7 heteroatoms. The zero-order chi connectivity index (χ0) is 14.6. The lowest BCUT2D eigenvalue weighted by molar-refractivity contribution is -0.386. The van der Waals surface area contributed by atoms with Crippen LogP contribution in [0.1, 0.15) is 19.4 Å². The summed E-state index contributed by atoms with van der Waals surface area (Å²) in [7, 11) is 0. The molecule has 0 N–H and O–H groups in total. The Balaban J connectivity index is 3.06. The molecule has 1 atom stereocenters. The normalized spacial score (nSPS) is 11.8. The molecule has 19 heavy (non-hydrogen) atoms. The van der Waals surface area contributed by atoms with E-state index in [0.29, 0.717) is 10.0 Å². The molecule has 0 saturated carbocycles. The van der Waals surface area contributed by atoms with Crippen molar-refractivity contribution in [3.8, 4) is 5.75 Å². The number of nitro benzene ring substituents is 1. The van der Waals surface area contributed by atoms with Gasteiger partial charge < -0.3 is 9.47 Å². The number of carbonyl (C=O) groups is 1. The quantitative estimate of drug-likeness (QED) is 0.470. The number of esters is 1. The van der Waals surface area contributed by atoms with Crippen molar-refractivity contribution in [1.82, 2.24) is 0 Å². The number of hydrogen-bond acceptors (Lipinski definition) is 5. The molecule has 0 aliphatic rings. The average Bonchev–Trinajstić information content (AvgIpc) is 2.32. The van der Waals surface area contributed by atoms with Gasteiger partial charge in [0.2, 0.25) is 5.75 Å². The summed E-state index contributed by atoms with van der Waals surface area (Å²) < 4.78 is 10.7. The Labute approximate surface area is 119 Å². The van der Waals surface area contributed by atoms with Crippen LogP contribution in [0.25, 0.3) is 0 Å². The van der Waals surface area contributed by atoms with Crippen molar-refractivity contribution in [2.45, 2.75) is 26.9 Å². The van der Waals surface area contributed by atoms with E-state index >= 15 is 0 Å². The molecular formula is C12H14BrNO5. The van der Waals surface area contributed by atoms with Gasteiger partial charge in [-0.15, -0.1) is 0 Å². The first-order valence-corrected chi connectivity index (χ1v) is 6.44. The molecule has 0 amide bonds. The van der Waals surface area contributed by atoms with Crippen molar-refractivity contribution >= 4 is 27.6 Å². The van der Waals surface area contributed by atoms with Gasteiger partial charge in [0, 0.05) is 10.5 Å². The third-order valence-corrected chi connectivity index (χ3v) is 2.79. The Morgan fingerprint density at radius 1 is 1.53 bits per heavy atom. The summed E-state index contributed by atoms with van der Waals surface area (Å²) in [5.74, 6) is -0.479. The van der Waals surface area contributed by atoms with Crippen LogP contribution in [0.5, 0.6) is 5.75 Å². The van der Waals surface area contributed by atoms with Gasteiger partial charge in [-0.3, -0.25) is 10.1 Å². The van der Waals surface area contributed by atoms with E-state index in [9.17, 15) is 14.9 Å². The summed E-state index contributed by atoms with van der Waals surface area (Å²) in [5, 5.41) is 11.0. The lowest BCUT2D eigenvalue weighted by atomic mass is 10.2. The predicted molar refractivity (Wildman–Crippen MR) is 72.3 cm³/mol. The fraction of sp³-hybridized carbons (Fsp3) is 0.417. The van der Waals surface area contributed by atoms with Crippen LogP contribution in [0.4, 0.5) is 5.69 Å². The van der Waals surface area contributed by atoms with E-state index in [4.69, 9.17) is 9.47 Å². The average molecular weight is 332 g/mol. The maximum absolute atomic E-state index is 11.5. The molecule has 0 aliphatic carbocycles. The first-order valence-electron chi connectivity index (χ1n) is 5.64. The fourth-order valence-electron chi connectivity index (χ4n) is 1.49. The number of halogens is 1. The Kier molecular flexibility index (Phi) is 5.29. The molecule has 1 aromatic carbocycles. The molecule has 1 aromatic rings. The smallest absolute Gasteiger partial charge is 0.347 e. The van der Waals surface area contributed by atoms with Crippen molar-refractivity contribution in [2.75, 3.05) is 6.61 Å². The number of carbonyl (C=O) groups excluding carboxylic acids is 1. The van der Waals surface area contributed by atoms with Crippen molar-refractivity contribution in [1.29, 1.82) is 0 Å². The van der Waals surface area contributed by atoms with Crippen LogP contribution in [-0.2, 0) is 9.53 Å². The van der Waals surface area contributed by atoms with Crippen LogP contribution in [0.2, 0.25) is 0 Å². The van der Waals surface area contributed by atoms with Gasteiger partial charge in [0.05, 0.1) is 11.5 Å². The summed E-state index contributed by atoms with van der Waals surface area (Å²) in [6, 6.07) is 3.01. The molecule has 0 radical (unpaired) electrons. The highest BCUT2D eigenvalue weighted by Crippen LogP contribution is 2.34. The van der Waals surface area contributed by atoms with Crippen molar-refractivity contribution in [2.24, 2.45) is 0 Å². The molecular weight excluding hydrogens is 318 g/mol. The Morgan fingerprint density at radius 3 is 2.68 bits per heavy atom. The number of benzene rings is 1. The summed E-state index contributed by atoms with van der Waals surface area (Å²) >= 11 is 3.18. The molecule has 0 heterocycles. The molecule has 0 bridgehead atoms. The Bertz CT molecular complexity index is 503. The van der Waals surface area contributed by atoms with Crippen LogP contribution in [0, 0.1) is 17.0 Å². The minimum absolute atomic E-state index is 0.0775. The molecule has 0 fully saturated rings. The van der Waals surface area contributed by atoms with E-state index in [1.807, 2.05) is 0 Å². The highest BCUT2D eigenvalue weighted by Gasteiger charge is 2.24. The first-order chi connectivity index (χ1) is 8.86. The third kappa shape index (κ3) is 3.92. The molecule has 0 aliphatic heterocycles. The van der Waals surface area contributed by atoms with Crippen LogP contribution in [0.15, 0.2) is 16.6 Å². The van der Waals surface area contributed by atoms with Crippen LogP contribution < -0.4 is 4.74 Å². The molecule has 1 unspecified atom stereocenters. The maximum Gasteiger partial charge on any atom is 0.347 e. The number of rotatable bonds is 5. The van der Waals surface area contributed by atoms with Gasteiger partial charge in [-0.25, -0.2) is 4.79 Å². The standard InChI is InChI=1S/C12H14BrNO5/c1-4-18-12(15)8(3)19-11-7(2)5-9(13)6-10(11)14(16)17/h5-6,8H,4H2,1-3H3. The number of aryl methyl sites for hydroxylation is 1. The van der Waals surface area contributed by atoms with Crippen LogP contribution in [0.3, 0.4) is 0 Å². The molecule has 104 valence electrons. The van der Waals surface area contributed by atoms with Crippen molar-refractivity contribution < 1.29 is 19.2 Å². The van der Waals surface area contributed by atoms with Gasteiger partial charge in [0.25, 0.3) is 0 Å². The van der Waals surface area contributed by atoms with E-state index < -0.39 is 17.0 Å². The lowest BCUT2D eigenvalue weighted by Crippen LogP contribution is -2.26. The van der Waals surface area contributed by atoms with Gasteiger partial charge in [-0.2, -0.15) is 0 Å². The highest BCUT2D eigenvalue weighted by molar-refractivity contribution is 9.10. The fourth-order valence-corrected chi connectivity index (χ4v) is 2.05. The maximum atomic E-state index is 11.5. The number of nitrogens with zero attached hydrogens (tertiary/aromatic N) is 1. The van der Waals surface area contributed by atoms with Gasteiger partial charge in [0.15, 0.2) is 6.10 Å². The van der Waals surface area contributed by atoms with Crippen molar-refractivity contribution in [3.05, 3.63) is 32.3 Å². The topological polar surface area (TPSA) is 78.7 Å². The molecule has 1 rings (SSSR count). The number of hydrogen-bond donors (Lipinski definition) is 0. The molecule has 0 aromatic heterocycles. The lowest BCUT2D eigenvalue weighted by Gasteiger charge is -2.15. The largest absolute Gasteiger partial charge is 0.472 e. The minimum Gasteiger partial charge on any atom is -0.472 e. The van der Waals surface area contributed by atoms with Gasteiger partial charge in [-0.05, 0) is 32.4 Å². The predicted octanol–water partition coefficient (Wildman–Crippen LogP) is 3.00. The highest BCUT2D eigenvalue weighted by atomic mass is 79.9. The van der Waals surface area contributed by atoms with Crippen LogP contribution >= 0.6 is 15.9 Å². The zero-order valence-corrected chi connectivity index (χ0v) is 12.4. The second-order valence-corrected chi connectivity index (χ2v) is 4.76. The van der Waals surface area contributed by atoms with E-state index in [2.05, 4.69) is 15.9 Å². The minimum atomic E-state index is -0.904. The molecule has 6 nitrogen and oxygen atoms in total.